The maximum atomic E-state index is 12.3. The Morgan fingerprint density at radius 2 is 2.05 bits per heavy atom. The van der Waals surface area contributed by atoms with Gasteiger partial charge in [0, 0.05) is 16.1 Å². The molecule has 2 rings (SSSR count). The van der Waals surface area contributed by atoms with Gasteiger partial charge in [-0.3, -0.25) is 4.79 Å². The quantitative estimate of drug-likeness (QED) is 0.908. The van der Waals surface area contributed by atoms with Crippen molar-refractivity contribution < 1.29 is 14.7 Å². The summed E-state index contributed by atoms with van der Waals surface area (Å²) < 4.78 is 0. The smallest absolute Gasteiger partial charge is 0.326 e. The number of amides is 1. The molecule has 1 amide bonds. The van der Waals surface area contributed by atoms with Crippen molar-refractivity contribution in [3.63, 3.8) is 0 Å². The Bertz CT molecular complexity index is 543. The van der Waals surface area contributed by atoms with E-state index in [0.717, 1.165) is 12.8 Å². The number of carbonyl (C=O) groups excluding carboxylic acids is 1. The summed E-state index contributed by atoms with van der Waals surface area (Å²) in [6, 6.07) is 4.16. The molecule has 0 aliphatic heterocycles. The minimum Gasteiger partial charge on any atom is -0.480 e. The first-order chi connectivity index (χ1) is 9.40. The van der Waals surface area contributed by atoms with Gasteiger partial charge in [-0.1, -0.05) is 29.3 Å². The van der Waals surface area contributed by atoms with Gasteiger partial charge in [-0.05, 0) is 37.5 Å². The van der Waals surface area contributed by atoms with Crippen LogP contribution in [-0.4, -0.2) is 34.0 Å². The van der Waals surface area contributed by atoms with E-state index in [-0.39, 0.29) is 18.4 Å². The Hall–Kier alpha value is -1.26. The second-order valence-corrected chi connectivity index (χ2v) is 5.80. The zero-order chi connectivity index (χ0) is 14.9. The molecule has 1 saturated carbocycles. The second kappa shape index (κ2) is 6.02. The Morgan fingerprint density at radius 1 is 1.40 bits per heavy atom. The molecule has 1 N–H and O–H groups in total. The lowest BCUT2D eigenvalue weighted by Crippen LogP contribution is -2.45. The number of rotatable bonds is 5. The lowest BCUT2D eigenvalue weighted by molar-refractivity contribution is -0.149. The number of hydrogen-bond acceptors (Lipinski definition) is 2. The zero-order valence-corrected chi connectivity index (χ0v) is 12.5. The van der Waals surface area contributed by atoms with Crippen molar-refractivity contribution in [2.24, 2.45) is 0 Å². The van der Waals surface area contributed by atoms with E-state index in [9.17, 15) is 9.59 Å². The van der Waals surface area contributed by atoms with E-state index in [4.69, 9.17) is 28.3 Å². The molecule has 20 heavy (non-hydrogen) atoms. The largest absolute Gasteiger partial charge is 0.480 e. The molecule has 1 unspecified atom stereocenters. The van der Waals surface area contributed by atoms with Crippen molar-refractivity contribution in [2.45, 2.75) is 38.3 Å². The number of carbonyl (C=O) groups is 2. The molecule has 1 aromatic rings. The average molecular weight is 316 g/mol. The van der Waals surface area contributed by atoms with Crippen molar-refractivity contribution in [1.82, 2.24) is 4.90 Å². The van der Waals surface area contributed by atoms with Crippen LogP contribution in [0, 0.1) is 0 Å². The highest BCUT2D eigenvalue weighted by atomic mass is 35.5. The number of halogens is 2. The van der Waals surface area contributed by atoms with Crippen LogP contribution < -0.4 is 0 Å². The normalized spacial score (nSPS) is 15.8. The van der Waals surface area contributed by atoms with Gasteiger partial charge in [0.05, 0.1) is 6.42 Å². The fraction of sp³-hybridized carbons (Fsp3) is 0.429. The molecule has 1 aliphatic rings. The van der Waals surface area contributed by atoms with Gasteiger partial charge in [0.15, 0.2) is 0 Å². The van der Waals surface area contributed by atoms with E-state index >= 15 is 0 Å². The fourth-order valence-electron chi connectivity index (χ4n) is 2.13. The molecule has 0 spiro atoms. The van der Waals surface area contributed by atoms with Gasteiger partial charge in [-0.15, -0.1) is 0 Å². The number of benzene rings is 1. The third-order valence-corrected chi connectivity index (χ3v) is 3.95. The van der Waals surface area contributed by atoms with Crippen molar-refractivity contribution in [2.75, 3.05) is 0 Å². The lowest BCUT2D eigenvalue weighted by Gasteiger charge is -2.26. The van der Waals surface area contributed by atoms with Crippen LogP contribution in [0.25, 0.3) is 0 Å². The summed E-state index contributed by atoms with van der Waals surface area (Å²) in [4.78, 5) is 24.9. The van der Waals surface area contributed by atoms with Crippen LogP contribution in [0.1, 0.15) is 25.3 Å². The van der Waals surface area contributed by atoms with Crippen molar-refractivity contribution in [3.05, 3.63) is 33.8 Å². The predicted molar refractivity (Wildman–Crippen MR) is 77.1 cm³/mol. The van der Waals surface area contributed by atoms with Crippen molar-refractivity contribution in [1.29, 1.82) is 0 Å². The summed E-state index contributed by atoms with van der Waals surface area (Å²) in [5.41, 5.74) is 0.657. The molecule has 0 radical (unpaired) electrons. The first-order valence-corrected chi connectivity index (χ1v) is 7.13. The molecule has 6 heteroatoms. The standard InChI is InChI=1S/C14H15Cl2NO3/c1-8(14(19)20)17(11-4-5-11)13(18)6-9-2-3-10(15)7-12(9)16/h2-3,7-8,11H,4-6H2,1H3,(H,19,20). The Kier molecular flexibility index (Phi) is 4.55. The number of nitrogens with zero attached hydrogens (tertiary/aromatic N) is 1. The summed E-state index contributed by atoms with van der Waals surface area (Å²) in [6.07, 6.45) is 1.81. The third-order valence-electron chi connectivity index (χ3n) is 3.36. The highest BCUT2D eigenvalue weighted by Crippen LogP contribution is 2.30. The Balaban J connectivity index is 2.14. The van der Waals surface area contributed by atoms with Gasteiger partial charge in [-0.2, -0.15) is 0 Å². The topological polar surface area (TPSA) is 57.6 Å². The SMILES string of the molecule is CC(C(=O)O)N(C(=O)Cc1ccc(Cl)cc1Cl)C1CC1. The highest BCUT2D eigenvalue weighted by molar-refractivity contribution is 6.35. The van der Waals surface area contributed by atoms with Crippen LogP contribution in [0.4, 0.5) is 0 Å². The zero-order valence-electron chi connectivity index (χ0n) is 11.0. The molecule has 0 bridgehead atoms. The molecule has 0 aromatic heterocycles. The van der Waals surface area contributed by atoms with Crippen LogP contribution in [-0.2, 0) is 16.0 Å². The molecular weight excluding hydrogens is 301 g/mol. The highest BCUT2D eigenvalue weighted by Gasteiger charge is 2.38. The van der Waals surface area contributed by atoms with E-state index in [1.54, 1.807) is 18.2 Å². The summed E-state index contributed by atoms with van der Waals surface area (Å²) in [6.45, 7) is 1.53. The van der Waals surface area contributed by atoms with E-state index in [0.29, 0.717) is 15.6 Å². The van der Waals surface area contributed by atoms with E-state index in [1.165, 1.54) is 11.8 Å². The maximum Gasteiger partial charge on any atom is 0.326 e. The van der Waals surface area contributed by atoms with Crippen LogP contribution in [0.5, 0.6) is 0 Å². The average Bonchev–Trinajstić information content (AvgIpc) is 3.17. The van der Waals surface area contributed by atoms with Crippen molar-refractivity contribution in [3.8, 4) is 0 Å². The number of aliphatic carboxylic acids is 1. The van der Waals surface area contributed by atoms with Gasteiger partial charge in [0.25, 0.3) is 0 Å². The number of carboxylic acid groups (broad SMARTS) is 1. The van der Waals surface area contributed by atoms with Crippen LogP contribution >= 0.6 is 23.2 Å². The first kappa shape index (κ1) is 15.1. The summed E-state index contributed by atoms with van der Waals surface area (Å²) in [5, 5.41) is 10.0. The van der Waals surface area contributed by atoms with E-state index in [2.05, 4.69) is 0 Å². The molecule has 1 aromatic carbocycles. The molecular formula is C14H15Cl2NO3. The van der Waals surface area contributed by atoms with Gasteiger partial charge in [0.1, 0.15) is 6.04 Å². The van der Waals surface area contributed by atoms with E-state index in [1.807, 2.05) is 0 Å². The summed E-state index contributed by atoms with van der Waals surface area (Å²) in [7, 11) is 0. The van der Waals surface area contributed by atoms with Crippen LogP contribution in [0.3, 0.4) is 0 Å². The monoisotopic (exact) mass is 315 g/mol. The summed E-state index contributed by atoms with van der Waals surface area (Å²) in [5.74, 6) is -1.21. The van der Waals surface area contributed by atoms with Gasteiger partial charge in [0.2, 0.25) is 5.91 Å². The van der Waals surface area contributed by atoms with E-state index < -0.39 is 12.0 Å². The maximum absolute atomic E-state index is 12.3. The van der Waals surface area contributed by atoms with Crippen molar-refractivity contribution >= 4 is 35.1 Å². The van der Waals surface area contributed by atoms with Gasteiger partial charge < -0.3 is 10.0 Å². The Labute approximate surface area is 127 Å². The minimum absolute atomic E-state index is 0.0414. The van der Waals surface area contributed by atoms with Gasteiger partial charge >= 0.3 is 5.97 Å². The van der Waals surface area contributed by atoms with Gasteiger partial charge in [-0.25, -0.2) is 4.79 Å². The first-order valence-electron chi connectivity index (χ1n) is 6.38. The molecule has 1 fully saturated rings. The fourth-order valence-corrected chi connectivity index (χ4v) is 2.60. The number of hydrogen-bond donors (Lipinski definition) is 1. The second-order valence-electron chi connectivity index (χ2n) is 4.96. The molecule has 4 nitrogen and oxygen atoms in total. The molecule has 1 atom stereocenters. The third kappa shape index (κ3) is 3.44. The number of carboxylic acids is 1. The lowest BCUT2D eigenvalue weighted by atomic mass is 10.1. The predicted octanol–water partition coefficient (Wildman–Crippen LogP) is 3.00. The molecule has 108 valence electrons. The minimum atomic E-state index is -0.993. The molecule has 0 heterocycles. The van der Waals surface area contributed by atoms with Crippen LogP contribution in [0.2, 0.25) is 10.0 Å². The van der Waals surface area contributed by atoms with Crippen LogP contribution in [0.15, 0.2) is 18.2 Å². The molecule has 1 aliphatic carbocycles. The molecule has 0 saturated heterocycles. The Morgan fingerprint density at radius 3 is 2.55 bits per heavy atom. The summed E-state index contributed by atoms with van der Waals surface area (Å²) >= 11 is 11.9.